The molecular formula is C22H24ClN3O. The molecule has 2 aromatic rings. The molecule has 4 nitrogen and oxygen atoms in total. The van der Waals surface area contributed by atoms with Gasteiger partial charge in [0.05, 0.1) is 0 Å². The Labute approximate surface area is 165 Å². The molecule has 1 unspecified atom stereocenters. The average molecular weight is 382 g/mol. The van der Waals surface area contributed by atoms with Crippen LogP contribution in [0.25, 0.3) is 6.08 Å². The van der Waals surface area contributed by atoms with Gasteiger partial charge in [0, 0.05) is 49.7 Å². The Balaban J connectivity index is 1.14. The van der Waals surface area contributed by atoms with Crippen molar-refractivity contribution in [2.24, 2.45) is 17.8 Å². The van der Waals surface area contributed by atoms with Crippen LogP contribution in [0.4, 0.5) is 0 Å². The summed E-state index contributed by atoms with van der Waals surface area (Å²) in [6, 6.07) is 11.9. The minimum Gasteiger partial charge on any atom is -0.353 e. The molecule has 3 atom stereocenters. The summed E-state index contributed by atoms with van der Waals surface area (Å²) < 4.78 is 0. The highest BCUT2D eigenvalue weighted by Gasteiger charge is 2.54. The second-order valence-electron chi connectivity index (χ2n) is 7.51. The molecule has 1 N–H and O–H groups in total. The number of nitrogens with zero attached hydrogens (tertiary/aromatic N) is 2. The molecule has 140 valence electrons. The number of likely N-dealkylation sites (tertiary alicyclic amines) is 1. The van der Waals surface area contributed by atoms with Crippen LogP contribution >= 0.6 is 11.6 Å². The number of hydrogen-bond acceptors (Lipinski definition) is 3. The van der Waals surface area contributed by atoms with E-state index < -0.39 is 0 Å². The molecule has 1 saturated carbocycles. The van der Waals surface area contributed by atoms with E-state index in [9.17, 15) is 4.79 Å². The number of rotatable bonds is 7. The van der Waals surface area contributed by atoms with E-state index in [1.165, 1.54) is 5.56 Å². The first-order valence-electron chi connectivity index (χ1n) is 9.52. The van der Waals surface area contributed by atoms with Crippen LogP contribution in [-0.4, -0.2) is 35.4 Å². The van der Waals surface area contributed by atoms with Crippen molar-refractivity contribution in [3.05, 3.63) is 71.0 Å². The fourth-order valence-electron chi connectivity index (χ4n) is 4.25. The van der Waals surface area contributed by atoms with Gasteiger partial charge in [-0.05, 0) is 59.6 Å². The van der Waals surface area contributed by atoms with Crippen LogP contribution in [0, 0.1) is 17.8 Å². The Hall–Kier alpha value is -2.17. The smallest absolute Gasteiger partial charge is 0.244 e. The number of carbonyl (C=O) groups is 1. The summed E-state index contributed by atoms with van der Waals surface area (Å²) >= 11 is 6.07. The van der Waals surface area contributed by atoms with Crippen molar-refractivity contribution in [1.82, 2.24) is 15.2 Å². The first-order valence-corrected chi connectivity index (χ1v) is 9.89. The lowest BCUT2D eigenvalue weighted by atomic mass is 10.1. The van der Waals surface area contributed by atoms with Crippen molar-refractivity contribution in [2.45, 2.75) is 13.0 Å². The molecule has 5 heteroatoms. The maximum atomic E-state index is 11.9. The zero-order valence-electron chi connectivity index (χ0n) is 15.2. The number of fused-ring (bicyclic) bond motifs is 1. The Kier molecular flexibility index (Phi) is 5.55. The number of amides is 1. The van der Waals surface area contributed by atoms with Crippen molar-refractivity contribution < 1.29 is 4.79 Å². The first kappa shape index (κ1) is 18.2. The highest BCUT2D eigenvalue weighted by atomic mass is 35.5. The van der Waals surface area contributed by atoms with Crippen LogP contribution in [0.1, 0.15) is 17.5 Å². The SMILES string of the molecule is O=C(/C=C/c1cccnc1)NCCC1[C@H]2CN(Cc3cccc(Cl)c3)C[C@@H]12. The van der Waals surface area contributed by atoms with Crippen LogP contribution in [0.2, 0.25) is 5.02 Å². The maximum Gasteiger partial charge on any atom is 0.244 e. The molecule has 0 radical (unpaired) electrons. The fraction of sp³-hybridized carbons (Fsp3) is 0.364. The van der Waals surface area contributed by atoms with Crippen LogP contribution in [0.5, 0.6) is 0 Å². The van der Waals surface area contributed by atoms with Crippen LogP contribution in [0.3, 0.4) is 0 Å². The van der Waals surface area contributed by atoms with Crippen molar-refractivity contribution in [3.8, 4) is 0 Å². The average Bonchev–Trinajstić information content (AvgIpc) is 3.12. The number of pyridine rings is 1. The lowest BCUT2D eigenvalue weighted by Gasteiger charge is -2.19. The number of hydrogen-bond donors (Lipinski definition) is 1. The standard InChI is InChI=1S/C22H24ClN3O/c23-18-5-1-3-17(11-18)13-26-14-20-19(21(20)15-26)8-10-25-22(27)7-6-16-4-2-9-24-12-16/h1-7,9,11-12,19-21H,8,10,13-15H2,(H,25,27)/b7-6+/t19?,20-,21+. The molecule has 1 aromatic carbocycles. The number of halogens is 1. The van der Waals surface area contributed by atoms with Crippen molar-refractivity contribution >= 4 is 23.6 Å². The van der Waals surface area contributed by atoms with E-state index in [4.69, 9.17) is 11.6 Å². The molecule has 1 aliphatic carbocycles. The number of benzene rings is 1. The summed E-state index contributed by atoms with van der Waals surface area (Å²) in [7, 11) is 0. The third-order valence-electron chi connectivity index (χ3n) is 5.63. The van der Waals surface area contributed by atoms with Gasteiger partial charge in [-0.15, -0.1) is 0 Å². The monoisotopic (exact) mass is 381 g/mol. The van der Waals surface area contributed by atoms with Crippen molar-refractivity contribution in [2.75, 3.05) is 19.6 Å². The first-order chi connectivity index (χ1) is 13.2. The number of nitrogens with one attached hydrogen (secondary N) is 1. The molecule has 0 spiro atoms. The molecule has 1 aromatic heterocycles. The zero-order chi connectivity index (χ0) is 18.6. The van der Waals surface area contributed by atoms with Gasteiger partial charge in [0.15, 0.2) is 0 Å². The molecule has 1 aliphatic heterocycles. The summed E-state index contributed by atoms with van der Waals surface area (Å²) in [6.45, 7) is 4.06. The van der Waals surface area contributed by atoms with Gasteiger partial charge in [0.1, 0.15) is 0 Å². The van der Waals surface area contributed by atoms with Gasteiger partial charge in [-0.3, -0.25) is 14.7 Å². The molecule has 2 heterocycles. The van der Waals surface area contributed by atoms with E-state index in [0.29, 0.717) is 0 Å². The van der Waals surface area contributed by atoms with Gasteiger partial charge in [-0.2, -0.15) is 0 Å². The van der Waals surface area contributed by atoms with Crippen LogP contribution < -0.4 is 5.32 Å². The molecule has 27 heavy (non-hydrogen) atoms. The normalized spacial score (nSPS) is 24.1. The maximum absolute atomic E-state index is 11.9. The number of carbonyl (C=O) groups excluding carboxylic acids is 1. The van der Waals surface area contributed by atoms with Gasteiger partial charge < -0.3 is 5.32 Å². The lowest BCUT2D eigenvalue weighted by molar-refractivity contribution is -0.116. The largest absolute Gasteiger partial charge is 0.353 e. The summed E-state index contributed by atoms with van der Waals surface area (Å²) in [6.07, 6.45) is 7.91. The molecule has 0 bridgehead atoms. The molecule has 2 fully saturated rings. The third-order valence-corrected chi connectivity index (χ3v) is 5.87. The fourth-order valence-corrected chi connectivity index (χ4v) is 4.47. The van der Waals surface area contributed by atoms with Crippen molar-refractivity contribution in [3.63, 3.8) is 0 Å². The van der Waals surface area contributed by atoms with Gasteiger partial charge in [0.2, 0.25) is 5.91 Å². The van der Waals surface area contributed by atoms with Gasteiger partial charge in [-0.1, -0.05) is 29.8 Å². The summed E-state index contributed by atoms with van der Waals surface area (Å²) in [5, 5.41) is 3.80. The van der Waals surface area contributed by atoms with Crippen LogP contribution in [0.15, 0.2) is 54.9 Å². The Morgan fingerprint density at radius 3 is 2.85 bits per heavy atom. The molecule has 2 aliphatic rings. The molecule has 1 amide bonds. The van der Waals surface area contributed by atoms with Gasteiger partial charge in [-0.25, -0.2) is 0 Å². The summed E-state index contributed by atoms with van der Waals surface area (Å²) in [5.41, 5.74) is 2.22. The second kappa shape index (κ2) is 8.24. The van der Waals surface area contributed by atoms with Crippen molar-refractivity contribution in [1.29, 1.82) is 0 Å². The second-order valence-corrected chi connectivity index (χ2v) is 7.95. The zero-order valence-corrected chi connectivity index (χ0v) is 16.0. The number of piperidine rings is 1. The van der Waals surface area contributed by atoms with E-state index in [1.54, 1.807) is 24.5 Å². The van der Waals surface area contributed by atoms with E-state index in [0.717, 1.165) is 60.9 Å². The molecular weight excluding hydrogens is 358 g/mol. The van der Waals surface area contributed by atoms with E-state index in [2.05, 4.69) is 27.3 Å². The third kappa shape index (κ3) is 4.76. The predicted octanol–water partition coefficient (Wildman–Crippen LogP) is 3.63. The highest BCUT2D eigenvalue weighted by Crippen LogP contribution is 2.53. The topological polar surface area (TPSA) is 45.2 Å². The minimum absolute atomic E-state index is 0.0350. The summed E-state index contributed by atoms with van der Waals surface area (Å²) in [5.74, 6) is 2.33. The van der Waals surface area contributed by atoms with Gasteiger partial charge in [0.25, 0.3) is 0 Å². The van der Waals surface area contributed by atoms with E-state index in [1.807, 2.05) is 24.3 Å². The van der Waals surface area contributed by atoms with E-state index >= 15 is 0 Å². The van der Waals surface area contributed by atoms with Crippen LogP contribution in [-0.2, 0) is 11.3 Å². The Morgan fingerprint density at radius 2 is 2.11 bits per heavy atom. The molecule has 4 rings (SSSR count). The minimum atomic E-state index is -0.0350. The van der Waals surface area contributed by atoms with Gasteiger partial charge >= 0.3 is 0 Å². The number of aromatic nitrogens is 1. The lowest BCUT2D eigenvalue weighted by Crippen LogP contribution is -2.26. The predicted molar refractivity (Wildman–Crippen MR) is 108 cm³/mol. The van der Waals surface area contributed by atoms with E-state index in [-0.39, 0.29) is 5.91 Å². The highest BCUT2D eigenvalue weighted by molar-refractivity contribution is 6.30. The molecule has 1 saturated heterocycles. The summed E-state index contributed by atoms with van der Waals surface area (Å²) in [4.78, 5) is 18.5. The Bertz CT molecular complexity index is 811. The quantitative estimate of drug-likeness (QED) is 0.745. The Morgan fingerprint density at radius 1 is 1.26 bits per heavy atom.